The fraction of sp³-hybridized carbons (Fsp3) is 0.545. The highest BCUT2D eigenvalue weighted by Crippen LogP contribution is 2.36. The van der Waals surface area contributed by atoms with Gasteiger partial charge in [-0.15, -0.1) is 0 Å². The van der Waals surface area contributed by atoms with Crippen molar-refractivity contribution >= 4 is 36.1 Å². The molecule has 1 aromatic rings. The number of nitrogens with zero attached hydrogens (tertiary/aromatic N) is 2. The Bertz CT molecular complexity index is 1090. The number of esters is 4. The normalized spacial score (nSPS) is 23.9. The summed E-state index contributed by atoms with van der Waals surface area (Å²) in [5, 5.41) is 9.54. The largest absolute Gasteiger partial charge is 0.463 e. The Kier molecular flexibility index (Phi) is 8.89. The number of aromatic nitrogens is 1. The minimum atomic E-state index is -1.34. The van der Waals surface area contributed by atoms with Crippen LogP contribution in [0.4, 0.5) is 0 Å². The van der Waals surface area contributed by atoms with E-state index in [9.17, 15) is 24.4 Å². The smallest absolute Gasteiger partial charge is 0.303 e. The standard InChI is InChI=1S/C22H26N2O9S/c1-10-7-16(8-23)22(34)24(11(10)2)21-20(32-15(6)28)19(31-14(5)27)18(30-13(4)26)17(33-21)9-29-12(3)25/h7,17-21H,9H2,1-6H3/t17-,18+,19+,20-,21+/m0/s1. The van der Waals surface area contributed by atoms with Gasteiger partial charge in [-0.05, 0) is 25.5 Å². The molecule has 1 aliphatic rings. The van der Waals surface area contributed by atoms with E-state index in [4.69, 9.17) is 35.9 Å². The maximum absolute atomic E-state index is 12.0. The Morgan fingerprint density at radius 3 is 2.00 bits per heavy atom. The molecule has 184 valence electrons. The van der Waals surface area contributed by atoms with Crippen LogP contribution in [-0.4, -0.2) is 59.5 Å². The topological polar surface area (TPSA) is 143 Å². The van der Waals surface area contributed by atoms with Gasteiger partial charge in [-0.1, -0.05) is 12.2 Å². The quantitative estimate of drug-likeness (QED) is 0.325. The highest BCUT2D eigenvalue weighted by Gasteiger charge is 2.53. The lowest BCUT2D eigenvalue weighted by Crippen LogP contribution is -2.60. The fourth-order valence-corrected chi connectivity index (χ4v) is 4.00. The zero-order valence-corrected chi connectivity index (χ0v) is 20.5. The van der Waals surface area contributed by atoms with Gasteiger partial charge in [-0.2, -0.15) is 5.26 Å². The van der Waals surface area contributed by atoms with Crippen molar-refractivity contribution in [3.05, 3.63) is 27.5 Å². The van der Waals surface area contributed by atoms with E-state index >= 15 is 0 Å². The molecule has 2 rings (SSSR count). The zero-order valence-electron chi connectivity index (χ0n) is 19.6. The molecule has 1 aromatic heterocycles. The first kappa shape index (κ1) is 26.9. The average molecular weight is 495 g/mol. The number of rotatable bonds is 6. The summed E-state index contributed by atoms with van der Waals surface area (Å²) in [7, 11) is 0. The molecule has 1 aliphatic heterocycles. The van der Waals surface area contributed by atoms with Crippen LogP contribution in [0.2, 0.25) is 0 Å². The molecule has 0 bridgehead atoms. The van der Waals surface area contributed by atoms with E-state index in [0.717, 1.165) is 20.8 Å². The predicted molar refractivity (Wildman–Crippen MR) is 117 cm³/mol. The van der Waals surface area contributed by atoms with Crippen LogP contribution in [0.15, 0.2) is 6.07 Å². The predicted octanol–water partition coefficient (Wildman–Crippen LogP) is 1.96. The molecule has 2 heterocycles. The van der Waals surface area contributed by atoms with Crippen LogP contribution in [-0.2, 0) is 42.9 Å². The number of hydrogen-bond donors (Lipinski definition) is 0. The highest BCUT2D eigenvalue weighted by molar-refractivity contribution is 7.71. The maximum Gasteiger partial charge on any atom is 0.303 e. The van der Waals surface area contributed by atoms with E-state index in [1.807, 2.05) is 6.07 Å². The van der Waals surface area contributed by atoms with Gasteiger partial charge in [0.1, 0.15) is 23.4 Å². The first-order chi connectivity index (χ1) is 15.9. The Morgan fingerprint density at radius 1 is 0.971 bits per heavy atom. The van der Waals surface area contributed by atoms with Crippen LogP contribution in [0.1, 0.15) is 50.7 Å². The van der Waals surface area contributed by atoms with Gasteiger partial charge < -0.3 is 28.3 Å². The molecule has 0 spiro atoms. The van der Waals surface area contributed by atoms with Gasteiger partial charge in [0.05, 0.1) is 5.56 Å². The van der Waals surface area contributed by atoms with Crippen LogP contribution < -0.4 is 0 Å². The SMILES string of the molecule is CC(=O)OC[C@@H]1O[C@@H](n2c(C)c(C)cc(C#N)c2=S)[C@@H](OC(C)=O)[C@H](OC(C)=O)[C@@H]1OC(C)=O. The molecular formula is C22H26N2O9S. The molecule has 1 fully saturated rings. The number of nitriles is 1. The van der Waals surface area contributed by atoms with Crippen molar-refractivity contribution < 1.29 is 42.9 Å². The summed E-state index contributed by atoms with van der Waals surface area (Å²) < 4.78 is 29.1. The summed E-state index contributed by atoms with van der Waals surface area (Å²) in [5.41, 5.74) is 1.45. The molecule has 11 nitrogen and oxygen atoms in total. The third-order valence-electron chi connectivity index (χ3n) is 5.08. The Balaban J connectivity index is 2.76. The third-order valence-corrected chi connectivity index (χ3v) is 5.50. The third kappa shape index (κ3) is 6.18. The van der Waals surface area contributed by atoms with Crippen LogP contribution in [0, 0.1) is 29.8 Å². The lowest BCUT2D eigenvalue weighted by atomic mass is 9.96. The second-order valence-electron chi connectivity index (χ2n) is 7.70. The molecule has 1 saturated heterocycles. The lowest BCUT2D eigenvalue weighted by molar-refractivity contribution is -0.269. The molecule has 12 heteroatoms. The van der Waals surface area contributed by atoms with Gasteiger partial charge in [-0.3, -0.25) is 19.2 Å². The van der Waals surface area contributed by atoms with Crippen LogP contribution >= 0.6 is 12.2 Å². The van der Waals surface area contributed by atoms with Gasteiger partial charge in [0.25, 0.3) is 0 Å². The number of hydrogen-bond acceptors (Lipinski definition) is 11. The van der Waals surface area contributed by atoms with Gasteiger partial charge in [-0.25, -0.2) is 0 Å². The Morgan fingerprint density at radius 2 is 1.50 bits per heavy atom. The summed E-state index contributed by atoms with van der Waals surface area (Å²) >= 11 is 5.50. The van der Waals surface area contributed by atoms with Crippen LogP contribution in [0.3, 0.4) is 0 Å². The van der Waals surface area contributed by atoms with Crippen molar-refractivity contribution in [1.29, 1.82) is 5.26 Å². The maximum atomic E-state index is 12.0. The molecule has 34 heavy (non-hydrogen) atoms. The van der Waals surface area contributed by atoms with Gasteiger partial charge in [0.2, 0.25) is 0 Å². The van der Waals surface area contributed by atoms with Gasteiger partial charge in [0.15, 0.2) is 24.5 Å². The van der Waals surface area contributed by atoms with E-state index in [2.05, 4.69) is 0 Å². The van der Waals surface area contributed by atoms with Crippen molar-refractivity contribution in [2.45, 2.75) is 72.2 Å². The van der Waals surface area contributed by atoms with Crippen molar-refractivity contribution in [2.24, 2.45) is 0 Å². The first-order valence-corrected chi connectivity index (χ1v) is 10.7. The molecule has 0 radical (unpaired) electrons. The van der Waals surface area contributed by atoms with E-state index in [1.54, 1.807) is 19.9 Å². The molecular weight excluding hydrogens is 468 g/mol. The van der Waals surface area contributed by atoms with Crippen LogP contribution in [0.25, 0.3) is 0 Å². The summed E-state index contributed by atoms with van der Waals surface area (Å²) in [4.78, 5) is 47.3. The Labute approximate surface area is 201 Å². The molecule has 0 unspecified atom stereocenters. The number of carbonyl (C=O) groups is 4. The van der Waals surface area contributed by atoms with E-state index in [-0.39, 0.29) is 16.8 Å². The van der Waals surface area contributed by atoms with E-state index < -0.39 is 54.5 Å². The van der Waals surface area contributed by atoms with Crippen molar-refractivity contribution in [3.63, 3.8) is 0 Å². The minimum absolute atomic E-state index is 0.0894. The second kappa shape index (κ2) is 11.2. The molecule has 0 N–H and O–H groups in total. The number of aryl methyl sites for hydroxylation is 1. The monoisotopic (exact) mass is 494 g/mol. The second-order valence-corrected chi connectivity index (χ2v) is 8.09. The molecule has 0 saturated carbocycles. The number of ether oxygens (including phenoxy) is 5. The number of pyridine rings is 1. The molecule has 0 amide bonds. The summed E-state index contributed by atoms with van der Waals surface area (Å²) in [6, 6.07) is 3.63. The summed E-state index contributed by atoms with van der Waals surface area (Å²) in [6.45, 7) is 7.73. The Hall–Kier alpha value is -3.30. The first-order valence-electron chi connectivity index (χ1n) is 10.3. The molecule has 5 atom stereocenters. The van der Waals surface area contributed by atoms with Gasteiger partial charge in [0, 0.05) is 33.4 Å². The zero-order chi connectivity index (χ0) is 25.7. The summed E-state index contributed by atoms with van der Waals surface area (Å²) in [5.74, 6) is -2.82. The molecule has 0 aromatic carbocycles. The van der Waals surface area contributed by atoms with Crippen LogP contribution in [0.5, 0.6) is 0 Å². The lowest BCUT2D eigenvalue weighted by Gasteiger charge is -2.45. The van der Waals surface area contributed by atoms with Crippen molar-refractivity contribution in [2.75, 3.05) is 6.61 Å². The van der Waals surface area contributed by atoms with Crippen molar-refractivity contribution in [3.8, 4) is 6.07 Å². The number of carbonyl (C=O) groups excluding carboxylic acids is 4. The highest BCUT2D eigenvalue weighted by atomic mass is 32.1. The van der Waals surface area contributed by atoms with E-state index in [1.165, 1.54) is 11.5 Å². The minimum Gasteiger partial charge on any atom is -0.463 e. The van der Waals surface area contributed by atoms with E-state index in [0.29, 0.717) is 11.3 Å². The average Bonchev–Trinajstić information content (AvgIpc) is 2.72. The van der Waals surface area contributed by atoms with Gasteiger partial charge >= 0.3 is 23.9 Å². The fourth-order valence-electron chi connectivity index (χ4n) is 3.65. The summed E-state index contributed by atoms with van der Waals surface area (Å²) in [6.07, 6.45) is -6.27. The van der Waals surface area contributed by atoms with Crippen molar-refractivity contribution in [1.82, 2.24) is 4.57 Å². The molecule has 0 aliphatic carbocycles.